The van der Waals surface area contributed by atoms with E-state index in [9.17, 15) is 0 Å². The van der Waals surface area contributed by atoms with Crippen LogP contribution in [0.5, 0.6) is 11.5 Å². The largest absolute Gasteiger partial charge is 0.456 e. The van der Waals surface area contributed by atoms with Crippen molar-refractivity contribution in [3.05, 3.63) is 53.1 Å². The van der Waals surface area contributed by atoms with Gasteiger partial charge in [-0.25, -0.2) is 0 Å². The van der Waals surface area contributed by atoms with E-state index < -0.39 is 0 Å². The lowest BCUT2D eigenvalue weighted by molar-refractivity contribution is 0.471. The summed E-state index contributed by atoms with van der Waals surface area (Å²) in [6.45, 7) is 1.97. The Labute approximate surface area is 129 Å². The van der Waals surface area contributed by atoms with E-state index in [1.54, 1.807) is 11.8 Å². The quantitative estimate of drug-likeness (QED) is 0.810. The average molecular weight is 308 g/mol. The molecule has 2 N–H and O–H groups in total. The fourth-order valence-corrected chi connectivity index (χ4v) is 2.71. The van der Waals surface area contributed by atoms with Crippen LogP contribution in [0.2, 0.25) is 5.02 Å². The minimum absolute atomic E-state index is 0.0940. The molecule has 2 aromatic rings. The van der Waals surface area contributed by atoms with Crippen molar-refractivity contribution in [1.29, 1.82) is 0 Å². The minimum Gasteiger partial charge on any atom is -0.456 e. The zero-order chi connectivity index (χ0) is 14.5. The summed E-state index contributed by atoms with van der Waals surface area (Å²) >= 11 is 7.93. The Bertz CT molecular complexity index is 586. The molecule has 2 aromatic carbocycles. The molecule has 0 aliphatic heterocycles. The molecule has 0 saturated carbocycles. The molecule has 0 amide bonds. The van der Waals surface area contributed by atoms with Crippen molar-refractivity contribution >= 4 is 23.4 Å². The van der Waals surface area contributed by atoms with Crippen molar-refractivity contribution in [3.63, 3.8) is 0 Å². The second kappa shape index (κ2) is 7.02. The number of halogens is 1. The van der Waals surface area contributed by atoms with Crippen LogP contribution in [0.15, 0.2) is 47.4 Å². The van der Waals surface area contributed by atoms with E-state index in [-0.39, 0.29) is 6.04 Å². The van der Waals surface area contributed by atoms with Crippen LogP contribution in [0.25, 0.3) is 0 Å². The van der Waals surface area contributed by atoms with Crippen LogP contribution in [0, 0.1) is 0 Å². The van der Waals surface area contributed by atoms with Gasteiger partial charge >= 0.3 is 0 Å². The first-order valence-corrected chi connectivity index (χ1v) is 8.05. The summed E-state index contributed by atoms with van der Waals surface area (Å²) in [6, 6.07) is 13.8. The Balaban J connectivity index is 2.20. The summed E-state index contributed by atoms with van der Waals surface area (Å²) in [6.07, 6.45) is 2.79. The number of thioether (sulfide) groups is 1. The van der Waals surface area contributed by atoms with Gasteiger partial charge in [-0.15, -0.1) is 11.8 Å². The van der Waals surface area contributed by atoms with Gasteiger partial charge in [-0.1, -0.05) is 29.8 Å². The van der Waals surface area contributed by atoms with Crippen molar-refractivity contribution in [1.82, 2.24) is 0 Å². The van der Waals surface area contributed by atoms with E-state index >= 15 is 0 Å². The zero-order valence-corrected chi connectivity index (χ0v) is 13.2. The fourth-order valence-electron chi connectivity index (χ4n) is 1.93. The molecule has 0 bridgehead atoms. The minimum atomic E-state index is 0.0940. The molecule has 20 heavy (non-hydrogen) atoms. The molecule has 106 valence electrons. The topological polar surface area (TPSA) is 35.2 Å². The van der Waals surface area contributed by atoms with Gasteiger partial charge < -0.3 is 10.5 Å². The number of nitrogens with two attached hydrogens (primary N) is 1. The summed E-state index contributed by atoms with van der Waals surface area (Å²) in [7, 11) is 0. The smallest absolute Gasteiger partial charge is 0.140 e. The number of ether oxygens (including phenoxy) is 1. The second-order valence-corrected chi connectivity index (χ2v) is 5.94. The van der Waals surface area contributed by atoms with Gasteiger partial charge in [0, 0.05) is 16.0 Å². The number of hydrogen-bond donors (Lipinski definition) is 1. The van der Waals surface area contributed by atoms with E-state index in [2.05, 4.69) is 0 Å². The first kappa shape index (κ1) is 15.2. The third-order valence-electron chi connectivity index (χ3n) is 2.86. The molecule has 0 radical (unpaired) electrons. The van der Waals surface area contributed by atoms with Gasteiger partial charge in [0.15, 0.2) is 0 Å². The van der Waals surface area contributed by atoms with E-state index in [1.807, 2.05) is 55.6 Å². The fraction of sp³-hybridized carbons (Fsp3) is 0.250. The molecule has 4 heteroatoms. The maximum atomic E-state index is 6.27. The summed E-state index contributed by atoms with van der Waals surface area (Å²) in [5.74, 6) is 1.58. The molecule has 0 fully saturated rings. The third kappa shape index (κ3) is 3.92. The molecular formula is C16H18ClNOS. The Morgan fingerprint density at radius 3 is 2.65 bits per heavy atom. The molecular weight excluding hydrogens is 290 g/mol. The Kier molecular flexibility index (Phi) is 5.35. The lowest BCUT2D eigenvalue weighted by Crippen LogP contribution is -2.17. The van der Waals surface area contributed by atoms with Gasteiger partial charge in [-0.2, -0.15) is 0 Å². The number of benzene rings is 2. The Morgan fingerprint density at radius 1 is 1.25 bits per heavy atom. The Hall–Kier alpha value is -1.16. The lowest BCUT2D eigenvalue weighted by Gasteiger charge is -2.12. The summed E-state index contributed by atoms with van der Waals surface area (Å²) in [5, 5.41) is 0.696. The van der Waals surface area contributed by atoms with E-state index in [1.165, 1.54) is 0 Å². The molecule has 1 unspecified atom stereocenters. The molecule has 2 rings (SSSR count). The molecule has 2 nitrogen and oxygen atoms in total. The SMILES string of the molecule is CSc1ccccc1Oc1ccc(CC(C)N)c(Cl)c1. The maximum absolute atomic E-state index is 6.27. The van der Waals surface area contributed by atoms with Crippen LogP contribution in [0.3, 0.4) is 0 Å². The van der Waals surface area contributed by atoms with E-state index in [0.29, 0.717) is 5.02 Å². The Morgan fingerprint density at radius 2 is 2.00 bits per heavy atom. The number of rotatable bonds is 5. The van der Waals surface area contributed by atoms with Gasteiger partial charge in [0.2, 0.25) is 0 Å². The third-order valence-corrected chi connectivity index (χ3v) is 3.99. The van der Waals surface area contributed by atoms with Crippen molar-refractivity contribution in [2.24, 2.45) is 5.73 Å². The van der Waals surface area contributed by atoms with Crippen molar-refractivity contribution in [2.45, 2.75) is 24.3 Å². The molecule has 0 aliphatic rings. The van der Waals surface area contributed by atoms with Gasteiger partial charge in [0.25, 0.3) is 0 Å². The highest BCUT2D eigenvalue weighted by Gasteiger charge is 2.07. The molecule has 0 heterocycles. The van der Waals surface area contributed by atoms with Crippen LogP contribution in [-0.2, 0) is 6.42 Å². The number of para-hydroxylation sites is 1. The normalized spacial score (nSPS) is 12.2. The predicted molar refractivity (Wildman–Crippen MR) is 87.1 cm³/mol. The predicted octanol–water partition coefficient (Wildman–Crippen LogP) is 4.74. The van der Waals surface area contributed by atoms with E-state index in [0.717, 1.165) is 28.4 Å². The van der Waals surface area contributed by atoms with E-state index in [4.69, 9.17) is 22.1 Å². The first-order chi connectivity index (χ1) is 9.60. The van der Waals surface area contributed by atoms with Crippen molar-refractivity contribution < 1.29 is 4.74 Å². The molecule has 0 aromatic heterocycles. The highest BCUT2D eigenvalue weighted by Crippen LogP contribution is 2.33. The van der Waals surface area contributed by atoms with Gasteiger partial charge in [-0.05, 0) is 49.4 Å². The van der Waals surface area contributed by atoms with Gasteiger partial charge in [0.05, 0.1) is 0 Å². The highest BCUT2D eigenvalue weighted by atomic mass is 35.5. The first-order valence-electron chi connectivity index (χ1n) is 6.45. The molecule has 0 saturated heterocycles. The molecule has 0 aliphatic carbocycles. The average Bonchev–Trinajstić information content (AvgIpc) is 2.42. The van der Waals surface area contributed by atoms with Crippen LogP contribution in [0.1, 0.15) is 12.5 Å². The standard InChI is InChI=1S/C16H18ClNOS/c1-11(18)9-12-7-8-13(10-14(12)17)19-15-5-3-4-6-16(15)20-2/h3-8,10-11H,9,18H2,1-2H3. The molecule has 0 spiro atoms. The monoisotopic (exact) mass is 307 g/mol. The van der Waals surface area contributed by atoms with Crippen LogP contribution < -0.4 is 10.5 Å². The van der Waals surface area contributed by atoms with Crippen LogP contribution in [-0.4, -0.2) is 12.3 Å². The molecule has 1 atom stereocenters. The van der Waals surface area contributed by atoms with Crippen molar-refractivity contribution in [2.75, 3.05) is 6.26 Å². The summed E-state index contributed by atoms with van der Waals surface area (Å²) in [4.78, 5) is 1.10. The number of hydrogen-bond acceptors (Lipinski definition) is 3. The maximum Gasteiger partial charge on any atom is 0.140 e. The summed E-state index contributed by atoms with van der Waals surface area (Å²) in [5.41, 5.74) is 6.85. The van der Waals surface area contributed by atoms with Crippen molar-refractivity contribution in [3.8, 4) is 11.5 Å². The van der Waals surface area contributed by atoms with Crippen LogP contribution in [0.4, 0.5) is 0 Å². The van der Waals surface area contributed by atoms with Crippen LogP contribution >= 0.6 is 23.4 Å². The van der Waals surface area contributed by atoms with Gasteiger partial charge in [0.1, 0.15) is 11.5 Å². The summed E-state index contributed by atoms with van der Waals surface area (Å²) < 4.78 is 5.90. The highest BCUT2D eigenvalue weighted by molar-refractivity contribution is 7.98. The van der Waals surface area contributed by atoms with Gasteiger partial charge in [-0.3, -0.25) is 0 Å². The zero-order valence-electron chi connectivity index (χ0n) is 11.6. The lowest BCUT2D eigenvalue weighted by atomic mass is 10.1. The second-order valence-electron chi connectivity index (χ2n) is 4.69.